The Balaban J connectivity index is 2.06. The number of carbonyl (C=O) groups excluding carboxylic acids is 2. The molecule has 0 aromatic heterocycles. The summed E-state index contributed by atoms with van der Waals surface area (Å²) < 4.78 is 76.4. The van der Waals surface area contributed by atoms with Crippen LogP contribution in [0.15, 0.2) is 48.5 Å². The van der Waals surface area contributed by atoms with Crippen molar-refractivity contribution < 1.29 is 51.0 Å². The molecule has 0 aliphatic rings. The molecule has 0 bridgehead atoms. The lowest BCUT2D eigenvalue weighted by Gasteiger charge is -2.31. The minimum atomic E-state index is -5.07. The molecule has 0 heterocycles. The molecule has 246 valence electrons. The van der Waals surface area contributed by atoms with Crippen molar-refractivity contribution in [3.63, 3.8) is 0 Å². The minimum absolute atomic E-state index is 0.166. The molecule has 2 unspecified atom stereocenters. The minimum Gasteiger partial charge on any atom is -0.497 e. The van der Waals surface area contributed by atoms with Gasteiger partial charge in [-0.1, -0.05) is 24.3 Å². The number of esters is 1. The molecule has 2 aromatic rings. The Hall–Kier alpha value is -3.32. The van der Waals surface area contributed by atoms with Crippen molar-refractivity contribution in [3.05, 3.63) is 59.7 Å². The van der Waals surface area contributed by atoms with Crippen LogP contribution >= 0.6 is 0 Å². The molecule has 1 amide bonds. The number of hydrogen-bond donors (Lipinski definition) is 2. The van der Waals surface area contributed by atoms with Crippen LogP contribution in [0.25, 0.3) is 0 Å². The Morgan fingerprint density at radius 3 is 1.91 bits per heavy atom. The van der Waals surface area contributed by atoms with E-state index in [9.17, 15) is 32.1 Å². The van der Waals surface area contributed by atoms with Crippen LogP contribution in [-0.4, -0.2) is 63.4 Å². The van der Waals surface area contributed by atoms with E-state index in [1.54, 1.807) is 72.9 Å². The van der Waals surface area contributed by atoms with Gasteiger partial charge in [-0.05, 0) is 83.4 Å². The predicted octanol–water partition coefficient (Wildman–Crippen LogP) is 5.79. The molecule has 0 saturated heterocycles. The highest BCUT2D eigenvalue weighted by Gasteiger charge is 2.54. The number of halogens is 3. The molecule has 44 heavy (non-hydrogen) atoms. The summed E-state index contributed by atoms with van der Waals surface area (Å²) >= 11 is 0. The van der Waals surface area contributed by atoms with E-state index < -0.39 is 69.6 Å². The van der Waals surface area contributed by atoms with E-state index in [-0.39, 0.29) is 18.8 Å². The fourth-order valence-electron chi connectivity index (χ4n) is 3.85. The van der Waals surface area contributed by atoms with Crippen LogP contribution in [0.1, 0.15) is 65.5 Å². The molecule has 0 saturated carbocycles. The van der Waals surface area contributed by atoms with E-state index in [1.807, 2.05) is 0 Å². The summed E-state index contributed by atoms with van der Waals surface area (Å²) in [6.45, 7) is 9.96. The van der Waals surface area contributed by atoms with Crippen LogP contribution in [0.5, 0.6) is 11.5 Å². The molecular weight excluding hydrogens is 603 g/mol. The summed E-state index contributed by atoms with van der Waals surface area (Å²) in [7, 11) is -0.351. The van der Waals surface area contributed by atoms with Gasteiger partial charge in [0.05, 0.1) is 7.11 Å². The molecule has 0 fully saturated rings. The Bertz CT molecular complexity index is 1260. The van der Waals surface area contributed by atoms with Crippen LogP contribution in [0.2, 0.25) is 0 Å². The lowest BCUT2D eigenvalue weighted by molar-refractivity contribution is -0.267. The van der Waals surface area contributed by atoms with Crippen LogP contribution in [0.3, 0.4) is 0 Å². The average molecular weight is 646 g/mol. The maximum absolute atomic E-state index is 14.1. The number of alkyl halides is 3. The number of amides is 1. The molecule has 2 aromatic carbocycles. The van der Waals surface area contributed by atoms with Crippen LogP contribution in [0.4, 0.5) is 18.0 Å². The van der Waals surface area contributed by atoms with Crippen LogP contribution in [-0.2, 0) is 37.3 Å². The molecule has 9 nitrogen and oxygen atoms in total. The monoisotopic (exact) mass is 645 g/mol. The number of alkyl carbamates (subject to hydrolysis) is 1. The Morgan fingerprint density at radius 1 is 0.864 bits per heavy atom. The van der Waals surface area contributed by atoms with Crippen molar-refractivity contribution in [3.8, 4) is 11.5 Å². The lowest BCUT2D eigenvalue weighted by Crippen LogP contribution is -2.46. The third-order valence-corrected chi connectivity index (χ3v) is 7.42. The first-order chi connectivity index (χ1) is 20.2. The number of nitrogens with one attached hydrogen (secondary N) is 1. The smallest absolute Gasteiger partial charge is 0.421 e. The van der Waals surface area contributed by atoms with Crippen molar-refractivity contribution >= 4 is 22.9 Å². The number of benzene rings is 2. The summed E-state index contributed by atoms with van der Waals surface area (Å²) in [6.07, 6.45) is -7.06. The summed E-state index contributed by atoms with van der Waals surface area (Å²) in [5.41, 5.74) is -4.63. The van der Waals surface area contributed by atoms with Gasteiger partial charge in [0.25, 0.3) is 0 Å². The number of aliphatic hydroxyl groups is 1. The summed E-state index contributed by atoms with van der Waals surface area (Å²) in [5.74, 6) is -0.610. The Labute approximate surface area is 258 Å². The fourth-order valence-corrected chi connectivity index (χ4v) is 5.08. The fraction of sp³-hybridized carbons (Fsp3) is 0.548. The zero-order chi connectivity index (χ0) is 33.3. The summed E-state index contributed by atoms with van der Waals surface area (Å²) in [4.78, 5) is 25.0. The summed E-state index contributed by atoms with van der Waals surface area (Å²) in [6, 6.07) is 10.7. The quantitative estimate of drug-likeness (QED) is 0.263. The first-order valence-corrected chi connectivity index (χ1v) is 15.4. The van der Waals surface area contributed by atoms with Crippen molar-refractivity contribution in [1.82, 2.24) is 5.32 Å². The predicted molar refractivity (Wildman–Crippen MR) is 160 cm³/mol. The Kier molecular flexibility index (Phi) is 12.7. The first kappa shape index (κ1) is 36.9. The highest BCUT2D eigenvalue weighted by Crippen LogP contribution is 2.42. The molecule has 3 atom stereocenters. The van der Waals surface area contributed by atoms with E-state index in [4.69, 9.17) is 18.9 Å². The van der Waals surface area contributed by atoms with Gasteiger partial charge in [-0.15, -0.1) is 0 Å². The van der Waals surface area contributed by atoms with Crippen molar-refractivity contribution in [2.45, 2.75) is 90.0 Å². The second-order valence-electron chi connectivity index (χ2n) is 12.1. The second kappa shape index (κ2) is 15.1. The zero-order valence-electron chi connectivity index (χ0n) is 26.1. The molecule has 0 radical (unpaired) electrons. The van der Waals surface area contributed by atoms with E-state index in [1.165, 1.54) is 12.1 Å². The number of carbonyl (C=O) groups is 2. The van der Waals surface area contributed by atoms with Gasteiger partial charge in [-0.25, -0.2) is 9.59 Å². The topological polar surface area (TPSA) is 120 Å². The summed E-state index contributed by atoms with van der Waals surface area (Å²) in [5, 5.41) is 13.2. The van der Waals surface area contributed by atoms with Gasteiger partial charge in [0.15, 0.2) is 5.60 Å². The standard InChI is InChI=1S/C31H42F3NO8S/c1-28(2,3)42-26(36)25(35-27(37)43-29(4,5)6)16-18-44(39)19-17-30(38,31(32,33)34)22-10-14-24(15-11-22)41-20-21-8-12-23(40-7)13-9-21/h8-15,25,38H,16-20H2,1-7H3,(H,35,37)/t25-,30?,44?/m0/s1. The van der Waals surface area contributed by atoms with E-state index in [0.717, 1.165) is 17.7 Å². The second-order valence-corrected chi connectivity index (χ2v) is 13.8. The SMILES string of the molecule is COc1ccc(COc2ccc(C(O)(CCS(=O)CC[C@H](NC(=O)OC(C)(C)C)C(=O)OC(C)(C)C)C(F)(F)F)cc2)cc1. The lowest BCUT2D eigenvalue weighted by atomic mass is 9.90. The molecule has 13 heteroatoms. The molecule has 2 N–H and O–H groups in total. The molecule has 0 spiro atoms. The maximum atomic E-state index is 14.1. The number of methoxy groups -OCH3 is 1. The number of rotatable bonds is 13. The van der Waals surface area contributed by atoms with Gasteiger partial charge in [0.2, 0.25) is 0 Å². The maximum Gasteiger partial charge on any atom is 0.421 e. The molecule has 0 aliphatic carbocycles. The average Bonchev–Trinajstić information content (AvgIpc) is 2.90. The highest BCUT2D eigenvalue weighted by atomic mass is 32.2. The van der Waals surface area contributed by atoms with Gasteiger partial charge in [-0.2, -0.15) is 13.2 Å². The van der Waals surface area contributed by atoms with Crippen molar-refractivity contribution in [2.75, 3.05) is 18.6 Å². The third-order valence-electron chi connectivity index (χ3n) is 6.07. The van der Waals surface area contributed by atoms with Gasteiger partial charge in [0.1, 0.15) is 35.3 Å². The van der Waals surface area contributed by atoms with E-state index in [2.05, 4.69) is 5.32 Å². The Morgan fingerprint density at radius 2 is 1.41 bits per heavy atom. The highest BCUT2D eigenvalue weighted by molar-refractivity contribution is 7.84. The van der Waals surface area contributed by atoms with Crippen molar-refractivity contribution in [1.29, 1.82) is 0 Å². The van der Waals surface area contributed by atoms with Gasteiger partial charge < -0.3 is 29.4 Å². The zero-order valence-corrected chi connectivity index (χ0v) is 26.9. The van der Waals surface area contributed by atoms with Crippen LogP contribution in [0, 0.1) is 0 Å². The number of ether oxygens (including phenoxy) is 4. The molecular formula is C31H42F3NO8S. The van der Waals surface area contributed by atoms with Crippen LogP contribution < -0.4 is 14.8 Å². The molecule has 2 rings (SSSR count). The van der Waals surface area contributed by atoms with Gasteiger partial charge in [-0.3, -0.25) is 4.21 Å². The van der Waals surface area contributed by atoms with Crippen molar-refractivity contribution in [2.24, 2.45) is 0 Å². The first-order valence-electron chi connectivity index (χ1n) is 13.9. The van der Waals surface area contributed by atoms with Gasteiger partial charge in [0, 0.05) is 28.7 Å². The van der Waals surface area contributed by atoms with E-state index in [0.29, 0.717) is 11.5 Å². The largest absolute Gasteiger partial charge is 0.497 e. The normalized spacial score (nSPS) is 15.0. The number of hydrogen-bond acceptors (Lipinski definition) is 8. The molecule has 0 aliphatic heterocycles. The van der Waals surface area contributed by atoms with Gasteiger partial charge >= 0.3 is 18.2 Å². The van der Waals surface area contributed by atoms with E-state index >= 15 is 0 Å². The third kappa shape index (κ3) is 12.0.